The average Bonchev–Trinajstić information content (AvgIpc) is 2.70. The number of amides is 1. The summed E-state index contributed by atoms with van der Waals surface area (Å²) in [6, 6.07) is 12.1. The zero-order valence-electron chi connectivity index (χ0n) is 17.7. The normalized spacial score (nSPS) is 11.2. The van der Waals surface area contributed by atoms with Gasteiger partial charge in [-0.2, -0.15) is 0 Å². The number of esters is 1. The second kappa shape index (κ2) is 11.0. The molecule has 0 aliphatic heterocycles. The van der Waals surface area contributed by atoms with Gasteiger partial charge in [0.25, 0.3) is 0 Å². The molecule has 0 bridgehead atoms. The van der Waals surface area contributed by atoms with E-state index in [1.807, 2.05) is 12.1 Å². The Balaban J connectivity index is 1.99. The van der Waals surface area contributed by atoms with Crippen LogP contribution in [0.15, 0.2) is 53.7 Å². The van der Waals surface area contributed by atoms with Gasteiger partial charge in [-0.15, -0.1) is 11.8 Å². The van der Waals surface area contributed by atoms with Crippen LogP contribution in [0.5, 0.6) is 0 Å². The lowest BCUT2D eigenvalue weighted by Gasteiger charge is -2.22. The Labute approximate surface area is 177 Å². The summed E-state index contributed by atoms with van der Waals surface area (Å²) < 4.78 is 5.00. The van der Waals surface area contributed by atoms with Gasteiger partial charge >= 0.3 is 5.97 Å². The fraction of sp³-hybridized carbons (Fsp3) is 0.435. The van der Waals surface area contributed by atoms with Crippen molar-refractivity contribution in [2.45, 2.75) is 51.0 Å². The quantitative estimate of drug-likeness (QED) is 0.448. The van der Waals surface area contributed by atoms with E-state index in [0.717, 1.165) is 10.5 Å². The number of ether oxygens (including phenoxy) is 1. The molecule has 0 atom stereocenters. The first-order chi connectivity index (χ1) is 13.8. The molecule has 2 rings (SSSR count). The topological polar surface area (TPSA) is 59.5 Å². The lowest BCUT2D eigenvalue weighted by Crippen LogP contribution is -2.34. The van der Waals surface area contributed by atoms with Gasteiger partial charge in [0.1, 0.15) is 0 Å². The Morgan fingerprint density at radius 1 is 1.14 bits per heavy atom. The minimum atomic E-state index is -0.290. The highest BCUT2D eigenvalue weighted by molar-refractivity contribution is 8.00. The third kappa shape index (κ3) is 7.89. The molecule has 156 valence electrons. The van der Waals surface area contributed by atoms with E-state index < -0.39 is 0 Å². The van der Waals surface area contributed by atoms with Gasteiger partial charge in [-0.25, -0.2) is 0 Å². The number of rotatable bonds is 9. The van der Waals surface area contributed by atoms with Crippen LogP contribution in [0.1, 0.15) is 45.2 Å². The van der Waals surface area contributed by atoms with E-state index in [4.69, 9.17) is 4.74 Å². The van der Waals surface area contributed by atoms with Crippen LogP contribution in [0.4, 0.5) is 0 Å². The molecule has 0 radical (unpaired) electrons. The smallest absolute Gasteiger partial charge is 0.307 e. The Bertz CT molecular complexity index is 786. The van der Waals surface area contributed by atoms with Gasteiger partial charge in [0.15, 0.2) is 0 Å². The largest absolute Gasteiger partial charge is 0.466 e. The lowest BCUT2D eigenvalue weighted by atomic mass is 9.87. The van der Waals surface area contributed by atoms with Gasteiger partial charge in [-0.05, 0) is 41.7 Å². The Hall–Kier alpha value is -2.34. The highest BCUT2D eigenvalue weighted by atomic mass is 32.2. The predicted molar refractivity (Wildman–Crippen MR) is 117 cm³/mol. The van der Waals surface area contributed by atoms with Crippen molar-refractivity contribution in [3.63, 3.8) is 0 Å². The molecule has 0 N–H and O–H groups in total. The average molecular weight is 415 g/mol. The van der Waals surface area contributed by atoms with E-state index in [1.54, 1.807) is 24.2 Å². The highest BCUT2D eigenvalue weighted by Gasteiger charge is 2.17. The molecule has 0 aliphatic carbocycles. The summed E-state index contributed by atoms with van der Waals surface area (Å²) in [6.07, 6.45) is 3.62. The van der Waals surface area contributed by atoms with Crippen molar-refractivity contribution in [3.8, 4) is 0 Å². The van der Waals surface area contributed by atoms with Crippen molar-refractivity contribution in [2.75, 3.05) is 18.9 Å². The standard InChI is InChI=1S/C23H30N2O3S/c1-5-28-22(27)12-14-25(16-18-7-6-13-24-15-18)21(26)17-29-20-10-8-19(9-11-20)23(2,3)4/h6-11,13,15H,5,12,14,16-17H2,1-4H3. The number of aromatic nitrogens is 1. The number of benzene rings is 1. The van der Waals surface area contributed by atoms with Crippen LogP contribution in [0.25, 0.3) is 0 Å². The molecule has 0 aliphatic rings. The van der Waals surface area contributed by atoms with E-state index in [1.165, 1.54) is 17.3 Å². The molecule has 1 heterocycles. The number of thioether (sulfide) groups is 1. The van der Waals surface area contributed by atoms with Crippen molar-refractivity contribution < 1.29 is 14.3 Å². The van der Waals surface area contributed by atoms with Crippen molar-refractivity contribution in [1.29, 1.82) is 0 Å². The first-order valence-corrected chi connectivity index (χ1v) is 10.8. The van der Waals surface area contributed by atoms with E-state index in [2.05, 4.69) is 50.0 Å². The van der Waals surface area contributed by atoms with Gasteiger partial charge in [0.05, 0.1) is 18.8 Å². The number of nitrogens with zero attached hydrogens (tertiary/aromatic N) is 2. The van der Waals surface area contributed by atoms with Crippen LogP contribution in [0, 0.1) is 0 Å². The summed E-state index contributed by atoms with van der Waals surface area (Å²) >= 11 is 1.51. The van der Waals surface area contributed by atoms with Crippen molar-refractivity contribution in [3.05, 3.63) is 59.9 Å². The Morgan fingerprint density at radius 2 is 1.86 bits per heavy atom. The molecule has 1 aromatic carbocycles. The summed E-state index contributed by atoms with van der Waals surface area (Å²) in [7, 11) is 0. The van der Waals surface area contributed by atoms with Crippen LogP contribution < -0.4 is 0 Å². The lowest BCUT2D eigenvalue weighted by molar-refractivity contribution is -0.144. The molecule has 2 aromatic rings. The first-order valence-electron chi connectivity index (χ1n) is 9.85. The van der Waals surface area contributed by atoms with Crippen molar-refractivity contribution >= 4 is 23.6 Å². The highest BCUT2D eigenvalue weighted by Crippen LogP contribution is 2.26. The zero-order chi connectivity index (χ0) is 21.3. The monoisotopic (exact) mass is 414 g/mol. The minimum Gasteiger partial charge on any atom is -0.466 e. The third-order valence-electron chi connectivity index (χ3n) is 4.42. The Morgan fingerprint density at radius 3 is 2.45 bits per heavy atom. The van der Waals surface area contributed by atoms with Gasteiger partial charge in [-0.1, -0.05) is 39.0 Å². The second-order valence-corrected chi connectivity index (χ2v) is 8.84. The summed E-state index contributed by atoms with van der Waals surface area (Å²) in [4.78, 5) is 31.4. The SMILES string of the molecule is CCOC(=O)CCN(Cc1cccnc1)C(=O)CSc1ccc(C(C)(C)C)cc1. The fourth-order valence-corrected chi connectivity index (χ4v) is 3.55. The molecular formula is C23H30N2O3S. The van der Waals surface area contributed by atoms with E-state index >= 15 is 0 Å². The first kappa shape index (κ1) is 22.9. The van der Waals surface area contributed by atoms with Gasteiger partial charge in [0.2, 0.25) is 5.91 Å². The fourth-order valence-electron chi connectivity index (χ4n) is 2.75. The number of carbonyl (C=O) groups is 2. The molecule has 0 saturated carbocycles. The molecular weight excluding hydrogens is 384 g/mol. The molecule has 5 nitrogen and oxygen atoms in total. The second-order valence-electron chi connectivity index (χ2n) is 7.79. The summed E-state index contributed by atoms with van der Waals surface area (Å²) in [6.45, 7) is 9.41. The molecule has 1 aromatic heterocycles. The van der Waals surface area contributed by atoms with Gasteiger partial charge < -0.3 is 9.64 Å². The summed E-state index contributed by atoms with van der Waals surface area (Å²) in [5, 5.41) is 0. The van der Waals surface area contributed by atoms with E-state index in [0.29, 0.717) is 25.4 Å². The number of hydrogen-bond donors (Lipinski definition) is 0. The predicted octanol–water partition coefficient (Wildman–Crippen LogP) is 4.45. The maximum atomic E-state index is 12.9. The molecule has 0 spiro atoms. The minimum absolute atomic E-state index is 0.0111. The molecule has 6 heteroatoms. The van der Waals surface area contributed by atoms with Gasteiger partial charge in [-0.3, -0.25) is 14.6 Å². The van der Waals surface area contributed by atoms with Crippen LogP contribution in [0.3, 0.4) is 0 Å². The van der Waals surface area contributed by atoms with Crippen LogP contribution in [0.2, 0.25) is 0 Å². The van der Waals surface area contributed by atoms with E-state index in [9.17, 15) is 9.59 Å². The number of carbonyl (C=O) groups excluding carboxylic acids is 2. The molecule has 0 fully saturated rings. The van der Waals surface area contributed by atoms with Crippen LogP contribution in [-0.4, -0.2) is 40.7 Å². The molecule has 29 heavy (non-hydrogen) atoms. The van der Waals surface area contributed by atoms with Gasteiger partial charge in [0, 0.05) is 30.4 Å². The maximum Gasteiger partial charge on any atom is 0.307 e. The van der Waals surface area contributed by atoms with Crippen LogP contribution in [-0.2, 0) is 26.3 Å². The summed E-state index contributed by atoms with van der Waals surface area (Å²) in [5.41, 5.74) is 2.30. The number of hydrogen-bond acceptors (Lipinski definition) is 5. The molecule has 0 saturated heterocycles. The number of pyridine rings is 1. The summed E-state index contributed by atoms with van der Waals surface area (Å²) in [5.74, 6) is 0.0164. The van der Waals surface area contributed by atoms with Crippen molar-refractivity contribution in [2.24, 2.45) is 0 Å². The third-order valence-corrected chi connectivity index (χ3v) is 5.42. The maximum absolute atomic E-state index is 12.9. The zero-order valence-corrected chi connectivity index (χ0v) is 18.5. The van der Waals surface area contributed by atoms with E-state index in [-0.39, 0.29) is 23.7 Å². The Kier molecular flexibility index (Phi) is 8.70. The molecule has 1 amide bonds. The molecule has 0 unspecified atom stereocenters. The van der Waals surface area contributed by atoms with Crippen molar-refractivity contribution in [1.82, 2.24) is 9.88 Å². The van der Waals surface area contributed by atoms with Crippen LogP contribution >= 0.6 is 11.8 Å².